The lowest BCUT2D eigenvalue weighted by Gasteiger charge is -2.11. The highest BCUT2D eigenvalue weighted by molar-refractivity contribution is 6.29. The number of hydrogen-bond donors (Lipinski definition) is 2. The van der Waals surface area contributed by atoms with Crippen molar-refractivity contribution in [2.24, 2.45) is 12.0 Å². The third-order valence-electron chi connectivity index (χ3n) is 3.18. The van der Waals surface area contributed by atoms with Crippen molar-refractivity contribution in [3.63, 3.8) is 0 Å². The summed E-state index contributed by atoms with van der Waals surface area (Å²) >= 11 is 5.77. The largest absolute Gasteiger partial charge is 0.356 e. The predicted octanol–water partition coefficient (Wildman–Crippen LogP) is 1.42. The van der Waals surface area contributed by atoms with Gasteiger partial charge in [-0.3, -0.25) is 9.67 Å². The second kappa shape index (κ2) is 8.38. The summed E-state index contributed by atoms with van der Waals surface area (Å²) in [4.78, 5) is 8.27. The summed E-state index contributed by atoms with van der Waals surface area (Å²) in [6, 6.07) is 3.79. The maximum atomic E-state index is 5.77. The van der Waals surface area contributed by atoms with Gasteiger partial charge in [-0.25, -0.2) is 4.98 Å². The first kappa shape index (κ1) is 16.3. The molecular weight excluding hydrogens is 300 g/mol. The maximum absolute atomic E-state index is 5.77. The summed E-state index contributed by atoms with van der Waals surface area (Å²) in [6.07, 6.45) is 7.47. The summed E-state index contributed by atoms with van der Waals surface area (Å²) in [5.41, 5.74) is 2.35. The van der Waals surface area contributed by atoms with Gasteiger partial charge in [0.25, 0.3) is 0 Å². The topological polar surface area (TPSA) is 67.1 Å². The van der Waals surface area contributed by atoms with Crippen LogP contribution in [-0.4, -0.2) is 40.9 Å². The molecule has 0 bridgehead atoms. The minimum atomic E-state index is 0.518. The van der Waals surface area contributed by atoms with Crippen LogP contribution in [0.3, 0.4) is 0 Å². The fourth-order valence-corrected chi connectivity index (χ4v) is 2.14. The average Bonchev–Trinajstić information content (AvgIpc) is 2.93. The molecule has 2 rings (SSSR count). The molecule has 7 heteroatoms. The van der Waals surface area contributed by atoms with E-state index in [0.717, 1.165) is 37.5 Å². The normalized spacial score (nSPS) is 11.5. The van der Waals surface area contributed by atoms with Gasteiger partial charge in [-0.05, 0) is 30.0 Å². The van der Waals surface area contributed by atoms with Gasteiger partial charge >= 0.3 is 0 Å². The standard InChI is InChI=1S/C15H21ClN6/c1-17-15(19-8-6-13-10-21-22(2)11-13)18-7-5-12-3-4-14(16)20-9-12/h3-4,9-11H,5-8H2,1-2H3,(H2,17,18,19). The highest BCUT2D eigenvalue weighted by Crippen LogP contribution is 2.05. The maximum Gasteiger partial charge on any atom is 0.190 e. The third-order valence-corrected chi connectivity index (χ3v) is 3.41. The van der Waals surface area contributed by atoms with Crippen molar-refractivity contribution in [3.05, 3.63) is 47.0 Å². The average molecular weight is 321 g/mol. The number of nitrogens with one attached hydrogen (secondary N) is 2. The van der Waals surface area contributed by atoms with E-state index in [1.807, 2.05) is 30.2 Å². The Balaban J connectivity index is 1.67. The number of guanidine groups is 1. The Morgan fingerprint density at radius 3 is 2.45 bits per heavy atom. The Labute approximate surface area is 135 Å². The molecule has 0 aliphatic heterocycles. The molecule has 2 aromatic heterocycles. The van der Waals surface area contributed by atoms with Crippen LogP contribution in [-0.2, 0) is 19.9 Å². The Hall–Kier alpha value is -2.08. The van der Waals surface area contributed by atoms with Crippen molar-refractivity contribution in [3.8, 4) is 0 Å². The lowest BCUT2D eigenvalue weighted by Crippen LogP contribution is -2.39. The van der Waals surface area contributed by atoms with Gasteiger partial charge < -0.3 is 10.6 Å². The number of pyridine rings is 1. The number of halogens is 1. The fraction of sp³-hybridized carbons (Fsp3) is 0.400. The van der Waals surface area contributed by atoms with E-state index in [4.69, 9.17) is 11.6 Å². The summed E-state index contributed by atoms with van der Waals surface area (Å²) in [6.45, 7) is 1.60. The molecule has 2 N–H and O–H groups in total. The van der Waals surface area contributed by atoms with Crippen molar-refractivity contribution in [2.75, 3.05) is 20.1 Å². The van der Waals surface area contributed by atoms with Crippen LogP contribution in [0.5, 0.6) is 0 Å². The third kappa shape index (κ3) is 5.37. The minimum Gasteiger partial charge on any atom is -0.356 e. The molecule has 22 heavy (non-hydrogen) atoms. The van der Waals surface area contributed by atoms with E-state index < -0.39 is 0 Å². The van der Waals surface area contributed by atoms with Crippen LogP contribution in [0, 0.1) is 0 Å². The zero-order chi connectivity index (χ0) is 15.8. The van der Waals surface area contributed by atoms with Crippen molar-refractivity contribution < 1.29 is 0 Å². The molecule has 0 unspecified atom stereocenters. The molecule has 0 amide bonds. The Morgan fingerprint density at radius 2 is 1.91 bits per heavy atom. The van der Waals surface area contributed by atoms with Crippen molar-refractivity contribution >= 4 is 17.6 Å². The molecule has 6 nitrogen and oxygen atoms in total. The fourth-order valence-electron chi connectivity index (χ4n) is 2.03. The molecule has 2 aromatic rings. The number of aryl methyl sites for hydroxylation is 1. The Morgan fingerprint density at radius 1 is 1.18 bits per heavy atom. The molecular formula is C15H21ClN6. The molecule has 0 atom stereocenters. The Kier molecular flexibility index (Phi) is 6.21. The van der Waals surface area contributed by atoms with Crippen LogP contribution in [0.15, 0.2) is 35.7 Å². The molecule has 2 heterocycles. The number of hydrogen-bond acceptors (Lipinski definition) is 3. The molecule has 0 fully saturated rings. The van der Waals surface area contributed by atoms with Crippen LogP contribution >= 0.6 is 11.6 Å². The number of aromatic nitrogens is 3. The Bertz CT molecular complexity index is 605. The second-order valence-electron chi connectivity index (χ2n) is 4.94. The smallest absolute Gasteiger partial charge is 0.190 e. The predicted molar refractivity (Wildman–Crippen MR) is 89.2 cm³/mol. The van der Waals surface area contributed by atoms with Crippen molar-refractivity contribution in [2.45, 2.75) is 12.8 Å². The molecule has 0 aliphatic rings. The van der Waals surface area contributed by atoms with Gasteiger partial charge in [0.1, 0.15) is 5.15 Å². The van der Waals surface area contributed by atoms with E-state index in [1.165, 1.54) is 5.56 Å². The van der Waals surface area contributed by atoms with E-state index in [-0.39, 0.29) is 0 Å². The van der Waals surface area contributed by atoms with Crippen LogP contribution in [0.25, 0.3) is 0 Å². The monoisotopic (exact) mass is 320 g/mol. The van der Waals surface area contributed by atoms with Gasteiger partial charge in [0.05, 0.1) is 6.20 Å². The van der Waals surface area contributed by atoms with Crippen LogP contribution < -0.4 is 10.6 Å². The van der Waals surface area contributed by atoms with Crippen molar-refractivity contribution in [1.82, 2.24) is 25.4 Å². The highest BCUT2D eigenvalue weighted by atomic mass is 35.5. The first-order valence-electron chi connectivity index (χ1n) is 7.20. The summed E-state index contributed by atoms with van der Waals surface area (Å²) in [7, 11) is 3.69. The van der Waals surface area contributed by atoms with Gasteiger partial charge in [-0.15, -0.1) is 0 Å². The van der Waals surface area contributed by atoms with E-state index in [1.54, 1.807) is 19.3 Å². The van der Waals surface area contributed by atoms with Gasteiger partial charge in [0.2, 0.25) is 0 Å². The zero-order valence-electron chi connectivity index (χ0n) is 12.9. The van der Waals surface area contributed by atoms with Crippen LogP contribution in [0.2, 0.25) is 5.15 Å². The van der Waals surface area contributed by atoms with Crippen LogP contribution in [0.4, 0.5) is 0 Å². The molecule has 0 aliphatic carbocycles. The minimum absolute atomic E-state index is 0.518. The highest BCUT2D eigenvalue weighted by Gasteiger charge is 2.00. The van der Waals surface area contributed by atoms with Crippen molar-refractivity contribution in [1.29, 1.82) is 0 Å². The quantitative estimate of drug-likeness (QED) is 0.480. The van der Waals surface area contributed by atoms with E-state index in [2.05, 4.69) is 25.7 Å². The van der Waals surface area contributed by atoms with Gasteiger partial charge in [0, 0.05) is 39.6 Å². The second-order valence-corrected chi connectivity index (χ2v) is 5.32. The lowest BCUT2D eigenvalue weighted by molar-refractivity contribution is 0.764. The number of nitrogens with zero attached hydrogens (tertiary/aromatic N) is 4. The molecule has 0 aromatic carbocycles. The zero-order valence-corrected chi connectivity index (χ0v) is 13.6. The van der Waals surface area contributed by atoms with Gasteiger partial charge in [0.15, 0.2) is 5.96 Å². The first-order chi connectivity index (χ1) is 10.7. The van der Waals surface area contributed by atoms with E-state index in [0.29, 0.717) is 5.15 Å². The number of aliphatic imine (C=N–C) groups is 1. The van der Waals surface area contributed by atoms with E-state index in [9.17, 15) is 0 Å². The van der Waals surface area contributed by atoms with Crippen LogP contribution in [0.1, 0.15) is 11.1 Å². The molecule has 118 valence electrons. The summed E-state index contributed by atoms with van der Waals surface area (Å²) in [5, 5.41) is 11.2. The molecule has 0 spiro atoms. The molecule has 0 saturated carbocycles. The van der Waals surface area contributed by atoms with Gasteiger partial charge in [-0.2, -0.15) is 5.10 Å². The SMILES string of the molecule is CN=C(NCCc1ccc(Cl)nc1)NCCc1cnn(C)c1. The summed E-state index contributed by atoms with van der Waals surface area (Å²) in [5.74, 6) is 0.797. The molecule has 0 radical (unpaired) electrons. The first-order valence-corrected chi connectivity index (χ1v) is 7.57. The van der Waals surface area contributed by atoms with E-state index >= 15 is 0 Å². The number of rotatable bonds is 6. The summed E-state index contributed by atoms with van der Waals surface area (Å²) < 4.78 is 1.81. The molecule has 0 saturated heterocycles. The van der Waals surface area contributed by atoms with Gasteiger partial charge in [-0.1, -0.05) is 17.7 Å². The lowest BCUT2D eigenvalue weighted by atomic mass is 10.2.